The molecule has 1 aliphatic rings. The molecule has 0 unspecified atom stereocenters. The fourth-order valence-electron chi connectivity index (χ4n) is 4.91. The molecule has 4 aromatic heterocycles. The Morgan fingerprint density at radius 3 is 2.74 bits per heavy atom. The van der Waals surface area contributed by atoms with E-state index in [0.717, 1.165) is 60.0 Å². The van der Waals surface area contributed by atoms with Gasteiger partial charge in [0.2, 0.25) is 4.96 Å². The van der Waals surface area contributed by atoms with Gasteiger partial charge in [0, 0.05) is 42.3 Å². The molecule has 1 fully saturated rings. The van der Waals surface area contributed by atoms with Gasteiger partial charge in [0.25, 0.3) is 5.91 Å². The van der Waals surface area contributed by atoms with Crippen molar-refractivity contribution in [3.8, 4) is 32.8 Å². The Morgan fingerprint density at radius 2 is 2.00 bits per heavy atom. The number of carbonyl (C=O) groups excluding carboxylic acids is 1. The van der Waals surface area contributed by atoms with Crippen molar-refractivity contribution in [3.63, 3.8) is 0 Å². The number of fused-ring (bicyclic) bond motifs is 2. The first-order valence-corrected chi connectivity index (χ1v) is 16.4. The summed E-state index contributed by atoms with van der Waals surface area (Å²) in [5, 5.41) is 9.28. The number of nitrogens with zero attached hydrogens (tertiary/aromatic N) is 6. The van der Waals surface area contributed by atoms with E-state index in [4.69, 9.17) is 29.2 Å². The van der Waals surface area contributed by atoms with Crippen LogP contribution >= 0.6 is 34.0 Å². The number of benzene rings is 2. The van der Waals surface area contributed by atoms with Gasteiger partial charge in [-0.1, -0.05) is 30.4 Å². The quantitative estimate of drug-likeness (QED) is 0.186. The first-order valence-electron chi connectivity index (χ1n) is 13.9. The summed E-state index contributed by atoms with van der Waals surface area (Å²) >= 11 is 4.66. The zero-order valence-electron chi connectivity index (χ0n) is 23.8. The van der Waals surface area contributed by atoms with Crippen molar-refractivity contribution >= 4 is 55.1 Å². The van der Waals surface area contributed by atoms with E-state index in [-0.39, 0.29) is 11.9 Å². The molecule has 0 saturated carbocycles. The number of methoxy groups -OCH3 is 1. The van der Waals surface area contributed by atoms with Gasteiger partial charge in [0.1, 0.15) is 38.8 Å². The van der Waals surface area contributed by atoms with Crippen LogP contribution in [0.2, 0.25) is 0 Å². The molecule has 1 saturated heterocycles. The number of rotatable bonds is 9. The molecule has 0 radical (unpaired) electrons. The molecule has 0 aliphatic carbocycles. The van der Waals surface area contributed by atoms with Gasteiger partial charge in [-0.3, -0.25) is 4.79 Å². The third-order valence-electron chi connectivity index (χ3n) is 7.35. The molecular formula is C30H28N6O4S3. The molecule has 5 heterocycles. The highest BCUT2D eigenvalue weighted by atomic mass is 32.1. The minimum absolute atomic E-state index is 0.00106. The highest BCUT2D eigenvalue weighted by Crippen LogP contribution is 2.39. The second-order valence-corrected chi connectivity index (χ2v) is 13.0. The number of carbonyl (C=O) groups is 1. The number of hydrogen-bond donors (Lipinski definition) is 0. The molecule has 1 aliphatic heterocycles. The molecule has 43 heavy (non-hydrogen) atoms. The Kier molecular flexibility index (Phi) is 7.55. The summed E-state index contributed by atoms with van der Waals surface area (Å²) in [6, 6.07) is 11.5. The van der Waals surface area contributed by atoms with Crippen LogP contribution in [-0.2, 0) is 17.8 Å². The highest BCUT2D eigenvalue weighted by Gasteiger charge is 2.25. The fraction of sp³-hybridized carbons (Fsp3) is 0.300. The highest BCUT2D eigenvalue weighted by molar-refractivity contribution is 7.22. The molecular weight excluding hydrogens is 605 g/mol. The Labute approximate surface area is 259 Å². The fourth-order valence-corrected chi connectivity index (χ4v) is 7.50. The zero-order chi connectivity index (χ0) is 29.5. The van der Waals surface area contributed by atoms with Gasteiger partial charge in [0.15, 0.2) is 0 Å². The number of aromatic nitrogens is 5. The van der Waals surface area contributed by atoms with Crippen molar-refractivity contribution in [1.29, 1.82) is 0 Å². The van der Waals surface area contributed by atoms with E-state index in [0.29, 0.717) is 36.9 Å². The largest absolute Gasteiger partial charge is 0.497 e. The van der Waals surface area contributed by atoms with Gasteiger partial charge in [-0.15, -0.1) is 22.7 Å². The smallest absolute Gasteiger partial charge is 0.253 e. The van der Waals surface area contributed by atoms with Crippen molar-refractivity contribution in [3.05, 3.63) is 64.2 Å². The Hall–Kier alpha value is -3.91. The lowest BCUT2D eigenvalue weighted by Crippen LogP contribution is -2.37. The second kappa shape index (κ2) is 11.6. The predicted molar refractivity (Wildman–Crippen MR) is 169 cm³/mol. The SMILES string of the molecule is CCc1nn2cc(-c3nc4cc(OC)cc(OCc5csc(-c6ccc(C(=O)N(C)[C@H]7CCOC7)cc6)n5)c4s3)nc2s1. The second-order valence-electron chi connectivity index (χ2n) is 10.1. The molecule has 0 N–H and O–H groups in total. The Balaban J connectivity index is 1.07. The van der Waals surface area contributed by atoms with Crippen molar-refractivity contribution in [2.24, 2.45) is 0 Å². The van der Waals surface area contributed by atoms with Gasteiger partial charge in [-0.05, 0) is 25.0 Å². The summed E-state index contributed by atoms with van der Waals surface area (Å²) in [6.07, 6.45) is 3.67. The number of amides is 1. The van der Waals surface area contributed by atoms with Crippen LogP contribution < -0.4 is 9.47 Å². The standard InChI is InChI=1S/C30H28N6O4S3/c1-4-25-34-36-13-23(33-30(36)42-25)28-32-22-11-21(38-3)12-24(26(22)43-28)40-14-19-16-41-27(31-19)17-5-7-18(8-6-17)29(37)35(2)20-9-10-39-15-20/h5-8,11-13,16,20H,4,9-10,14-15H2,1-3H3/t20-/m0/s1. The monoisotopic (exact) mass is 632 g/mol. The van der Waals surface area contributed by atoms with Gasteiger partial charge < -0.3 is 19.1 Å². The number of imidazole rings is 1. The average Bonchev–Trinajstić information content (AvgIpc) is 3.86. The molecule has 2 aromatic carbocycles. The lowest BCUT2D eigenvalue weighted by atomic mass is 10.1. The van der Waals surface area contributed by atoms with E-state index in [1.165, 1.54) is 11.3 Å². The number of hydrogen-bond acceptors (Lipinski definition) is 11. The van der Waals surface area contributed by atoms with Crippen LogP contribution in [0.15, 0.2) is 48.0 Å². The van der Waals surface area contributed by atoms with E-state index < -0.39 is 0 Å². The molecule has 220 valence electrons. The molecule has 0 bridgehead atoms. The van der Waals surface area contributed by atoms with Gasteiger partial charge >= 0.3 is 0 Å². The van der Waals surface area contributed by atoms with Crippen LogP contribution in [0.25, 0.3) is 36.5 Å². The van der Waals surface area contributed by atoms with E-state index in [1.54, 1.807) is 34.7 Å². The minimum atomic E-state index is 0.00106. The maximum atomic E-state index is 12.9. The van der Waals surface area contributed by atoms with Crippen LogP contribution in [0.4, 0.5) is 0 Å². The van der Waals surface area contributed by atoms with Crippen molar-refractivity contribution in [1.82, 2.24) is 29.5 Å². The van der Waals surface area contributed by atoms with Crippen molar-refractivity contribution < 1.29 is 19.0 Å². The molecule has 10 nitrogen and oxygen atoms in total. The first kappa shape index (κ1) is 27.9. The number of likely N-dealkylation sites (N-methyl/N-ethyl adjacent to an activating group) is 1. The normalized spacial score (nSPS) is 15.0. The topological polar surface area (TPSA) is 104 Å². The van der Waals surface area contributed by atoms with Gasteiger partial charge in [0.05, 0.1) is 41.9 Å². The third-order valence-corrected chi connectivity index (χ3v) is 10.5. The summed E-state index contributed by atoms with van der Waals surface area (Å²) in [5.74, 6) is 1.35. The Morgan fingerprint density at radius 1 is 1.14 bits per heavy atom. The molecule has 0 spiro atoms. The molecule has 1 amide bonds. The van der Waals surface area contributed by atoms with Crippen LogP contribution in [0.5, 0.6) is 11.5 Å². The number of thiazole rings is 2. The van der Waals surface area contributed by atoms with E-state index >= 15 is 0 Å². The van der Waals surface area contributed by atoms with Crippen molar-refractivity contribution in [2.45, 2.75) is 32.4 Å². The molecule has 7 rings (SSSR count). The molecule has 1 atom stereocenters. The Bertz CT molecular complexity index is 1890. The van der Waals surface area contributed by atoms with Gasteiger partial charge in [-0.25, -0.2) is 19.5 Å². The van der Waals surface area contributed by atoms with E-state index in [9.17, 15) is 4.79 Å². The number of ether oxygens (including phenoxy) is 3. The van der Waals surface area contributed by atoms with Crippen LogP contribution in [0, 0.1) is 0 Å². The van der Waals surface area contributed by atoms with Gasteiger partial charge in [-0.2, -0.15) is 5.10 Å². The average molecular weight is 633 g/mol. The van der Waals surface area contributed by atoms with Crippen LogP contribution in [0.1, 0.15) is 34.4 Å². The van der Waals surface area contributed by atoms with Crippen molar-refractivity contribution in [2.75, 3.05) is 27.4 Å². The number of aryl methyl sites for hydroxylation is 1. The van der Waals surface area contributed by atoms with Crippen LogP contribution in [-0.4, -0.2) is 68.8 Å². The van der Waals surface area contributed by atoms with E-state index in [2.05, 4.69) is 12.0 Å². The predicted octanol–water partition coefficient (Wildman–Crippen LogP) is 6.20. The third kappa shape index (κ3) is 5.49. The summed E-state index contributed by atoms with van der Waals surface area (Å²) in [5.41, 5.74) is 3.99. The first-order chi connectivity index (χ1) is 21.0. The molecule has 13 heteroatoms. The maximum Gasteiger partial charge on any atom is 0.253 e. The summed E-state index contributed by atoms with van der Waals surface area (Å²) < 4.78 is 20.0. The summed E-state index contributed by atoms with van der Waals surface area (Å²) in [7, 11) is 3.47. The maximum absolute atomic E-state index is 12.9. The minimum Gasteiger partial charge on any atom is -0.497 e. The zero-order valence-corrected chi connectivity index (χ0v) is 26.2. The van der Waals surface area contributed by atoms with E-state index in [1.807, 2.05) is 59.5 Å². The summed E-state index contributed by atoms with van der Waals surface area (Å²) in [4.78, 5) is 29.9. The van der Waals surface area contributed by atoms with Crippen LogP contribution in [0.3, 0.4) is 0 Å². The summed E-state index contributed by atoms with van der Waals surface area (Å²) in [6.45, 7) is 3.67. The lowest BCUT2D eigenvalue weighted by molar-refractivity contribution is 0.0711. The molecule has 6 aromatic rings. The lowest BCUT2D eigenvalue weighted by Gasteiger charge is -2.23.